The Labute approximate surface area is 202 Å². The minimum atomic E-state index is -0.643. The quantitative estimate of drug-likeness (QED) is 0.360. The lowest BCUT2D eigenvalue weighted by atomic mass is 9.87. The van der Waals surface area contributed by atoms with Crippen molar-refractivity contribution in [3.05, 3.63) is 60.2 Å². The maximum Gasteiger partial charge on any atom is 0.255 e. The van der Waals surface area contributed by atoms with Crippen molar-refractivity contribution < 1.29 is 14.3 Å². The Morgan fingerprint density at radius 1 is 0.971 bits per heavy atom. The van der Waals surface area contributed by atoms with Crippen LogP contribution in [0.2, 0.25) is 0 Å². The SMILES string of the molecule is CCCCC1(CCCC)NC(=N)N(CCCNC(=O)c2ccc(Oc3ccccc3)cc2)C1=O. The lowest BCUT2D eigenvalue weighted by Gasteiger charge is -2.27. The van der Waals surface area contributed by atoms with Crippen LogP contribution in [-0.4, -0.2) is 41.3 Å². The summed E-state index contributed by atoms with van der Waals surface area (Å²) in [6.07, 6.45) is 6.02. The van der Waals surface area contributed by atoms with Crippen molar-refractivity contribution in [1.82, 2.24) is 15.5 Å². The lowest BCUT2D eigenvalue weighted by Crippen LogP contribution is -2.47. The number of amides is 2. The summed E-state index contributed by atoms with van der Waals surface area (Å²) >= 11 is 0. The Balaban J connectivity index is 1.47. The molecule has 2 aromatic carbocycles. The number of guanidine groups is 1. The summed E-state index contributed by atoms with van der Waals surface area (Å²) < 4.78 is 5.76. The van der Waals surface area contributed by atoms with E-state index >= 15 is 0 Å². The van der Waals surface area contributed by atoms with Gasteiger partial charge in [-0.2, -0.15) is 0 Å². The number of ether oxygens (including phenoxy) is 1. The van der Waals surface area contributed by atoms with E-state index < -0.39 is 5.54 Å². The fourth-order valence-electron chi connectivity index (χ4n) is 4.18. The molecule has 0 atom stereocenters. The zero-order valence-electron chi connectivity index (χ0n) is 20.2. The molecule has 1 fully saturated rings. The molecular formula is C27H36N4O3. The van der Waals surface area contributed by atoms with Crippen molar-refractivity contribution in [2.24, 2.45) is 0 Å². The summed E-state index contributed by atoms with van der Waals surface area (Å²) in [5.41, 5.74) is -0.0964. The topological polar surface area (TPSA) is 94.5 Å². The van der Waals surface area contributed by atoms with Crippen LogP contribution in [-0.2, 0) is 4.79 Å². The van der Waals surface area contributed by atoms with Gasteiger partial charge in [0.05, 0.1) is 0 Å². The average Bonchev–Trinajstić information content (AvgIpc) is 3.09. The molecule has 1 saturated heterocycles. The molecule has 1 aliphatic rings. The zero-order valence-corrected chi connectivity index (χ0v) is 20.2. The fourth-order valence-corrected chi connectivity index (χ4v) is 4.18. The van der Waals surface area contributed by atoms with Gasteiger partial charge in [0.15, 0.2) is 5.96 Å². The van der Waals surface area contributed by atoms with Crippen LogP contribution in [0.4, 0.5) is 0 Å². The van der Waals surface area contributed by atoms with Gasteiger partial charge in [-0.05, 0) is 55.7 Å². The summed E-state index contributed by atoms with van der Waals surface area (Å²) in [6, 6.07) is 16.5. The molecule has 0 radical (unpaired) electrons. The molecule has 34 heavy (non-hydrogen) atoms. The maximum atomic E-state index is 13.2. The Hall–Kier alpha value is -3.35. The van der Waals surface area contributed by atoms with E-state index in [1.54, 1.807) is 24.3 Å². The molecule has 3 N–H and O–H groups in total. The number of nitrogens with zero attached hydrogens (tertiary/aromatic N) is 1. The number of hydrogen-bond donors (Lipinski definition) is 3. The van der Waals surface area contributed by atoms with Gasteiger partial charge in [-0.1, -0.05) is 57.7 Å². The molecular weight excluding hydrogens is 428 g/mol. The van der Waals surface area contributed by atoms with Crippen molar-refractivity contribution in [3.63, 3.8) is 0 Å². The summed E-state index contributed by atoms with van der Waals surface area (Å²) in [5.74, 6) is 1.41. The van der Waals surface area contributed by atoms with Crippen LogP contribution in [0.1, 0.15) is 69.2 Å². The second kappa shape index (κ2) is 12.2. The van der Waals surface area contributed by atoms with Crippen LogP contribution in [0, 0.1) is 5.41 Å². The zero-order chi connectivity index (χ0) is 24.4. The number of hydrogen-bond acceptors (Lipinski definition) is 4. The first-order chi connectivity index (χ1) is 16.5. The number of para-hydroxylation sites is 1. The van der Waals surface area contributed by atoms with Crippen LogP contribution in [0.25, 0.3) is 0 Å². The van der Waals surface area contributed by atoms with Gasteiger partial charge >= 0.3 is 0 Å². The first-order valence-corrected chi connectivity index (χ1v) is 12.3. The van der Waals surface area contributed by atoms with Crippen molar-refractivity contribution in [1.29, 1.82) is 5.41 Å². The van der Waals surface area contributed by atoms with E-state index in [2.05, 4.69) is 24.5 Å². The van der Waals surface area contributed by atoms with E-state index in [9.17, 15) is 9.59 Å². The minimum Gasteiger partial charge on any atom is -0.457 e. The molecule has 7 heteroatoms. The largest absolute Gasteiger partial charge is 0.457 e. The number of unbranched alkanes of at least 4 members (excludes halogenated alkanes) is 2. The molecule has 0 aromatic heterocycles. The van der Waals surface area contributed by atoms with E-state index in [0.717, 1.165) is 44.3 Å². The van der Waals surface area contributed by atoms with E-state index in [-0.39, 0.29) is 17.8 Å². The fraction of sp³-hybridized carbons (Fsp3) is 0.444. The Morgan fingerprint density at radius 3 is 2.21 bits per heavy atom. The minimum absolute atomic E-state index is 0.000249. The molecule has 7 nitrogen and oxygen atoms in total. The summed E-state index contributed by atoms with van der Waals surface area (Å²) in [5, 5.41) is 14.4. The van der Waals surface area contributed by atoms with E-state index in [1.807, 2.05) is 30.3 Å². The molecule has 0 bridgehead atoms. The number of carbonyl (C=O) groups is 2. The number of benzene rings is 2. The standard InChI is InChI=1S/C27H36N4O3/c1-3-5-17-27(18-6-4-2)25(33)31(26(28)30-27)20-10-19-29-24(32)21-13-15-23(16-14-21)34-22-11-8-7-9-12-22/h7-9,11-16H,3-6,10,17-20H2,1-2H3,(H2,28,30)(H,29,32). The highest BCUT2D eigenvalue weighted by Gasteiger charge is 2.47. The summed E-state index contributed by atoms with van der Waals surface area (Å²) in [6.45, 7) is 5.06. The molecule has 2 amide bonds. The molecule has 1 heterocycles. The summed E-state index contributed by atoms with van der Waals surface area (Å²) in [4.78, 5) is 27.2. The van der Waals surface area contributed by atoms with Gasteiger partial charge in [0.2, 0.25) is 0 Å². The number of rotatable bonds is 13. The smallest absolute Gasteiger partial charge is 0.255 e. The molecule has 0 spiro atoms. The van der Waals surface area contributed by atoms with Crippen LogP contribution >= 0.6 is 0 Å². The first-order valence-electron chi connectivity index (χ1n) is 12.3. The third-order valence-electron chi connectivity index (χ3n) is 6.14. The number of carbonyl (C=O) groups excluding carboxylic acids is 2. The van der Waals surface area contributed by atoms with E-state index in [1.165, 1.54) is 4.90 Å². The van der Waals surface area contributed by atoms with Crippen molar-refractivity contribution in [3.8, 4) is 11.5 Å². The van der Waals surface area contributed by atoms with Crippen molar-refractivity contribution in [2.75, 3.05) is 13.1 Å². The second-order valence-electron chi connectivity index (χ2n) is 8.77. The predicted octanol–water partition coefficient (Wildman–Crippen LogP) is 5.08. The highest BCUT2D eigenvalue weighted by molar-refractivity contribution is 6.07. The molecule has 2 aromatic rings. The Bertz CT molecular complexity index is 952. The lowest BCUT2D eigenvalue weighted by molar-refractivity contribution is -0.131. The molecule has 182 valence electrons. The van der Waals surface area contributed by atoms with Crippen molar-refractivity contribution >= 4 is 17.8 Å². The van der Waals surface area contributed by atoms with Gasteiger partial charge < -0.3 is 15.4 Å². The van der Waals surface area contributed by atoms with Crippen LogP contribution in [0.5, 0.6) is 11.5 Å². The third-order valence-corrected chi connectivity index (χ3v) is 6.14. The third kappa shape index (κ3) is 6.37. The monoisotopic (exact) mass is 464 g/mol. The maximum absolute atomic E-state index is 13.2. The van der Waals surface area contributed by atoms with Crippen LogP contribution in [0.15, 0.2) is 54.6 Å². The highest BCUT2D eigenvalue weighted by atomic mass is 16.5. The highest BCUT2D eigenvalue weighted by Crippen LogP contribution is 2.29. The molecule has 0 saturated carbocycles. The van der Waals surface area contributed by atoms with Gasteiger partial charge in [0, 0.05) is 18.7 Å². The van der Waals surface area contributed by atoms with Gasteiger partial charge in [-0.15, -0.1) is 0 Å². The van der Waals surface area contributed by atoms with Gasteiger partial charge in [-0.3, -0.25) is 19.9 Å². The van der Waals surface area contributed by atoms with Crippen LogP contribution < -0.4 is 15.4 Å². The van der Waals surface area contributed by atoms with Gasteiger partial charge in [-0.25, -0.2) is 0 Å². The predicted molar refractivity (Wildman–Crippen MR) is 134 cm³/mol. The summed E-state index contributed by atoms with van der Waals surface area (Å²) in [7, 11) is 0. The molecule has 0 aliphatic carbocycles. The van der Waals surface area contributed by atoms with Gasteiger partial charge in [0.25, 0.3) is 11.8 Å². The van der Waals surface area contributed by atoms with Crippen LogP contribution in [0.3, 0.4) is 0 Å². The number of nitrogens with one attached hydrogen (secondary N) is 3. The Morgan fingerprint density at radius 2 is 1.59 bits per heavy atom. The Kier molecular flexibility index (Phi) is 9.08. The molecule has 1 aliphatic heterocycles. The van der Waals surface area contributed by atoms with Gasteiger partial charge in [0.1, 0.15) is 17.0 Å². The van der Waals surface area contributed by atoms with E-state index in [4.69, 9.17) is 10.1 Å². The first kappa shape index (κ1) is 25.3. The normalized spacial score (nSPS) is 14.7. The average molecular weight is 465 g/mol. The molecule has 0 unspecified atom stereocenters. The van der Waals surface area contributed by atoms with E-state index in [0.29, 0.717) is 30.8 Å². The molecule has 3 rings (SSSR count). The second-order valence-corrected chi connectivity index (χ2v) is 8.77. The van der Waals surface area contributed by atoms with Crippen molar-refractivity contribution in [2.45, 2.75) is 64.3 Å².